The van der Waals surface area contributed by atoms with Gasteiger partial charge in [0.15, 0.2) is 0 Å². The number of fused-ring (bicyclic) bond motifs is 8. The van der Waals surface area contributed by atoms with Crippen LogP contribution in [-0.2, 0) is 12.8 Å². The van der Waals surface area contributed by atoms with Crippen LogP contribution < -0.4 is 0 Å². The Morgan fingerprint density at radius 1 is 0.588 bits per heavy atom. The summed E-state index contributed by atoms with van der Waals surface area (Å²) in [5, 5.41) is 0. The molecule has 5 rings (SSSR count). The Hall–Kier alpha value is -3.40. The summed E-state index contributed by atoms with van der Waals surface area (Å²) < 4.78 is 0. The predicted molar refractivity (Wildman–Crippen MR) is 145 cm³/mol. The molecule has 0 radical (unpaired) electrons. The molecule has 34 heavy (non-hydrogen) atoms. The fraction of sp³-hybridized carbons (Fsp3) is 0.333. The Morgan fingerprint density at radius 2 is 1.06 bits per heavy atom. The molecule has 3 aromatic heterocycles. The largest absolute Gasteiger partial charge is 0.355 e. The number of hydrogen-bond acceptors (Lipinski definition) is 2. The number of aryl methyl sites for hydroxylation is 2. The number of aromatic amines is 2. The number of nitrogens with one attached hydrogen (secondary N) is 2. The Morgan fingerprint density at radius 3 is 1.50 bits per heavy atom. The summed E-state index contributed by atoms with van der Waals surface area (Å²) in [5.74, 6) is 0. The molecule has 0 aliphatic carbocycles. The maximum absolute atomic E-state index is 5.00. The topological polar surface area (TPSA) is 57.4 Å². The smallest absolute Gasteiger partial charge is 0.0690 e. The predicted octanol–water partition coefficient (Wildman–Crippen LogP) is 8.12. The summed E-state index contributed by atoms with van der Waals surface area (Å²) in [5.41, 5.74) is 11.1. The molecule has 8 bridgehead atoms. The lowest BCUT2D eigenvalue weighted by atomic mass is 10.1. The molecule has 0 atom stereocenters. The van der Waals surface area contributed by atoms with Gasteiger partial charge >= 0.3 is 0 Å². The average molecular weight is 451 g/mol. The number of nitrogens with zero attached hydrogens (tertiary/aromatic N) is 2. The summed E-state index contributed by atoms with van der Waals surface area (Å²) in [6, 6.07) is 13.0. The van der Waals surface area contributed by atoms with Crippen LogP contribution in [0.5, 0.6) is 0 Å². The normalized spacial score (nSPS) is 12.5. The molecule has 0 spiro atoms. The fourth-order valence-electron chi connectivity index (χ4n) is 4.82. The number of hydrogen-bond donors (Lipinski definition) is 2. The van der Waals surface area contributed by atoms with Crippen molar-refractivity contribution in [1.82, 2.24) is 19.9 Å². The van der Waals surface area contributed by atoms with Gasteiger partial charge in [0.2, 0.25) is 0 Å². The maximum Gasteiger partial charge on any atom is 0.0690 e. The van der Waals surface area contributed by atoms with Gasteiger partial charge in [0.1, 0.15) is 0 Å². The van der Waals surface area contributed by atoms with Gasteiger partial charge in [-0.15, -0.1) is 0 Å². The van der Waals surface area contributed by atoms with E-state index in [1.165, 1.54) is 49.7 Å². The van der Waals surface area contributed by atoms with Crippen molar-refractivity contribution < 1.29 is 0 Å². The first-order chi connectivity index (χ1) is 16.7. The van der Waals surface area contributed by atoms with Gasteiger partial charge in [-0.1, -0.05) is 39.5 Å². The molecule has 0 fully saturated rings. The van der Waals surface area contributed by atoms with E-state index in [0.717, 1.165) is 57.7 Å². The van der Waals surface area contributed by atoms with Crippen molar-refractivity contribution >= 4 is 46.4 Å². The molecule has 0 unspecified atom stereocenters. The standard InChI is InChI=1S/C30H34N4/c1-3-5-7-9-25-27-15-11-21(31-27)19-23-13-17-29(33-23)26(10-8-6-4-2)30-18-14-24(34-30)20-22-12-16-28(25)32-22/h11-20,31,34H,3-10H2,1-2H3. The van der Waals surface area contributed by atoms with E-state index in [2.05, 4.69) is 84.5 Å². The molecular weight excluding hydrogens is 416 g/mol. The van der Waals surface area contributed by atoms with E-state index in [-0.39, 0.29) is 0 Å². The number of H-pyrrole nitrogens is 2. The molecule has 2 aliphatic rings. The van der Waals surface area contributed by atoms with Gasteiger partial charge in [0.05, 0.1) is 22.8 Å². The highest BCUT2D eigenvalue weighted by atomic mass is 14.8. The van der Waals surface area contributed by atoms with Gasteiger partial charge < -0.3 is 9.97 Å². The van der Waals surface area contributed by atoms with Crippen LogP contribution in [0.2, 0.25) is 0 Å². The first-order valence-corrected chi connectivity index (χ1v) is 12.8. The van der Waals surface area contributed by atoms with Gasteiger partial charge in [0, 0.05) is 33.2 Å². The third-order valence-electron chi connectivity index (χ3n) is 6.68. The van der Waals surface area contributed by atoms with Crippen molar-refractivity contribution in [3.8, 4) is 0 Å². The zero-order valence-corrected chi connectivity index (χ0v) is 20.3. The minimum atomic E-state index is 0.989. The lowest BCUT2D eigenvalue weighted by Crippen LogP contribution is -1.92. The molecule has 0 saturated heterocycles. The molecule has 0 aromatic carbocycles. The minimum Gasteiger partial charge on any atom is -0.355 e. The Labute approximate surface area is 201 Å². The van der Waals surface area contributed by atoms with Gasteiger partial charge in [0.25, 0.3) is 0 Å². The van der Waals surface area contributed by atoms with Crippen LogP contribution in [0.4, 0.5) is 0 Å². The molecule has 2 aliphatic heterocycles. The van der Waals surface area contributed by atoms with Crippen molar-refractivity contribution in [2.24, 2.45) is 0 Å². The van der Waals surface area contributed by atoms with Crippen LogP contribution in [0.3, 0.4) is 0 Å². The van der Waals surface area contributed by atoms with Gasteiger partial charge in [-0.2, -0.15) is 0 Å². The second-order valence-corrected chi connectivity index (χ2v) is 9.33. The van der Waals surface area contributed by atoms with Crippen molar-refractivity contribution in [1.29, 1.82) is 0 Å². The summed E-state index contributed by atoms with van der Waals surface area (Å²) in [6.07, 6.45) is 17.8. The summed E-state index contributed by atoms with van der Waals surface area (Å²) in [7, 11) is 0. The van der Waals surface area contributed by atoms with Crippen LogP contribution in [0.25, 0.3) is 46.4 Å². The van der Waals surface area contributed by atoms with E-state index >= 15 is 0 Å². The van der Waals surface area contributed by atoms with Crippen molar-refractivity contribution in [3.05, 3.63) is 70.3 Å². The average Bonchev–Trinajstić information content (AvgIpc) is 3.63. The summed E-state index contributed by atoms with van der Waals surface area (Å²) in [6.45, 7) is 4.50. The van der Waals surface area contributed by atoms with Crippen LogP contribution in [0.1, 0.15) is 86.3 Å². The van der Waals surface area contributed by atoms with E-state index in [9.17, 15) is 0 Å². The number of aromatic nitrogens is 4. The summed E-state index contributed by atoms with van der Waals surface area (Å²) in [4.78, 5) is 17.2. The van der Waals surface area contributed by atoms with Crippen LogP contribution in [0.15, 0.2) is 36.4 Å². The highest BCUT2D eigenvalue weighted by Gasteiger charge is 2.10. The Bertz CT molecular complexity index is 1280. The first-order valence-electron chi connectivity index (χ1n) is 12.8. The van der Waals surface area contributed by atoms with Crippen molar-refractivity contribution in [2.45, 2.75) is 65.2 Å². The monoisotopic (exact) mass is 450 g/mol. The molecule has 4 nitrogen and oxygen atoms in total. The molecule has 4 heteroatoms. The molecule has 0 amide bonds. The SMILES string of the molecule is CCCCCc1c2nc(cc3ccc([nH]3)c(CCCCC)c3nc(cc4ccc1[nH]4)C=C3)C=C2. The second-order valence-electron chi connectivity index (χ2n) is 9.33. The summed E-state index contributed by atoms with van der Waals surface area (Å²) >= 11 is 0. The van der Waals surface area contributed by atoms with Crippen molar-refractivity contribution in [3.63, 3.8) is 0 Å². The maximum atomic E-state index is 5.00. The molecule has 5 heterocycles. The third-order valence-corrected chi connectivity index (χ3v) is 6.68. The fourth-order valence-corrected chi connectivity index (χ4v) is 4.82. The molecule has 0 saturated carbocycles. The zero-order valence-electron chi connectivity index (χ0n) is 20.3. The zero-order chi connectivity index (χ0) is 23.3. The van der Waals surface area contributed by atoms with Gasteiger partial charge in [-0.05, 0) is 86.4 Å². The Balaban J connectivity index is 1.73. The van der Waals surface area contributed by atoms with E-state index in [0.29, 0.717) is 0 Å². The quantitative estimate of drug-likeness (QED) is 0.234. The Kier molecular flexibility index (Phi) is 6.75. The van der Waals surface area contributed by atoms with Crippen LogP contribution >= 0.6 is 0 Å². The minimum absolute atomic E-state index is 0.989. The van der Waals surface area contributed by atoms with E-state index < -0.39 is 0 Å². The van der Waals surface area contributed by atoms with Gasteiger partial charge in [-0.3, -0.25) is 0 Å². The number of unbranched alkanes of at least 4 members (excludes halogenated alkanes) is 4. The number of rotatable bonds is 8. The van der Waals surface area contributed by atoms with Crippen LogP contribution in [-0.4, -0.2) is 19.9 Å². The molecule has 3 aromatic rings. The highest BCUT2D eigenvalue weighted by molar-refractivity contribution is 5.80. The third kappa shape index (κ3) is 4.91. The highest BCUT2D eigenvalue weighted by Crippen LogP contribution is 2.25. The van der Waals surface area contributed by atoms with Gasteiger partial charge in [-0.25, -0.2) is 9.97 Å². The lowest BCUT2D eigenvalue weighted by Gasteiger charge is -2.03. The first kappa shape index (κ1) is 22.4. The molecule has 2 N–H and O–H groups in total. The van der Waals surface area contributed by atoms with E-state index in [1.54, 1.807) is 0 Å². The molecular formula is C30H34N4. The second kappa shape index (κ2) is 10.3. The van der Waals surface area contributed by atoms with E-state index in [4.69, 9.17) is 9.97 Å². The van der Waals surface area contributed by atoms with Crippen molar-refractivity contribution in [2.75, 3.05) is 0 Å². The lowest BCUT2D eigenvalue weighted by molar-refractivity contribution is 0.717. The van der Waals surface area contributed by atoms with Crippen LogP contribution in [0, 0.1) is 0 Å². The van der Waals surface area contributed by atoms with E-state index in [1.807, 2.05) is 0 Å². The molecule has 174 valence electrons.